The smallest absolute Gasteiger partial charge is 0.137 e. The van der Waals surface area contributed by atoms with Crippen LogP contribution in [0, 0.1) is 0 Å². The van der Waals surface area contributed by atoms with E-state index >= 15 is 0 Å². The molecule has 3 aromatic rings. The van der Waals surface area contributed by atoms with Crippen molar-refractivity contribution >= 4 is 10.8 Å². The fourth-order valence-corrected chi connectivity index (χ4v) is 2.30. The van der Waals surface area contributed by atoms with Crippen molar-refractivity contribution in [3.8, 4) is 0 Å². The molecule has 2 aromatic heterocycles. The summed E-state index contributed by atoms with van der Waals surface area (Å²) in [5, 5.41) is 12.6. The van der Waals surface area contributed by atoms with Crippen LogP contribution in [0.2, 0.25) is 0 Å². The molecule has 0 bridgehead atoms. The van der Waals surface area contributed by atoms with Crippen LogP contribution >= 0.6 is 0 Å². The quantitative estimate of drug-likeness (QED) is 0.671. The van der Waals surface area contributed by atoms with Crippen molar-refractivity contribution in [3.05, 3.63) is 54.4 Å². The highest BCUT2D eigenvalue weighted by Gasteiger charge is 2.00. The normalized spacial score (nSPS) is 11.0. The molecule has 0 saturated carbocycles. The highest BCUT2D eigenvalue weighted by Crippen LogP contribution is 2.17. The van der Waals surface area contributed by atoms with Crippen LogP contribution < -0.4 is 5.32 Å². The molecule has 0 amide bonds. The molecule has 1 aromatic carbocycles. The lowest BCUT2D eigenvalue weighted by molar-refractivity contribution is 0.641. The molecular formula is C15H17N5. The lowest BCUT2D eigenvalue weighted by Gasteiger charge is -2.07. The zero-order chi connectivity index (χ0) is 13.6. The molecule has 0 atom stereocenters. The van der Waals surface area contributed by atoms with E-state index < -0.39 is 0 Å². The first-order valence-electron chi connectivity index (χ1n) is 6.80. The van der Waals surface area contributed by atoms with Crippen molar-refractivity contribution in [1.29, 1.82) is 0 Å². The average molecular weight is 267 g/mol. The second-order valence-corrected chi connectivity index (χ2v) is 4.73. The standard InChI is InChI=1S/C15H17N5/c1-3-12(14-6-8-17-10-13(14)4-1)9-16-7-2-5-15-18-11-19-20-15/h1,3-4,6,8,10-11,16H,2,5,7,9H2,(H,18,19,20). The summed E-state index contributed by atoms with van der Waals surface area (Å²) < 4.78 is 0. The summed E-state index contributed by atoms with van der Waals surface area (Å²) in [6.07, 6.45) is 7.26. The molecule has 0 aliphatic carbocycles. The second kappa shape index (κ2) is 6.25. The molecule has 2 N–H and O–H groups in total. The van der Waals surface area contributed by atoms with Gasteiger partial charge in [0.25, 0.3) is 0 Å². The molecule has 20 heavy (non-hydrogen) atoms. The Labute approximate surface area is 117 Å². The number of nitrogens with one attached hydrogen (secondary N) is 2. The Hall–Kier alpha value is -2.27. The van der Waals surface area contributed by atoms with E-state index in [1.54, 1.807) is 6.33 Å². The number of aromatic amines is 1. The number of H-pyrrole nitrogens is 1. The summed E-state index contributed by atoms with van der Waals surface area (Å²) >= 11 is 0. The largest absolute Gasteiger partial charge is 0.313 e. The van der Waals surface area contributed by atoms with Crippen molar-refractivity contribution in [2.75, 3.05) is 6.54 Å². The molecule has 102 valence electrons. The lowest BCUT2D eigenvalue weighted by atomic mass is 10.1. The number of fused-ring (bicyclic) bond motifs is 1. The van der Waals surface area contributed by atoms with Crippen molar-refractivity contribution in [3.63, 3.8) is 0 Å². The van der Waals surface area contributed by atoms with Crippen LogP contribution in [-0.4, -0.2) is 26.7 Å². The summed E-state index contributed by atoms with van der Waals surface area (Å²) in [7, 11) is 0. The van der Waals surface area contributed by atoms with Crippen LogP contribution in [0.5, 0.6) is 0 Å². The van der Waals surface area contributed by atoms with Gasteiger partial charge >= 0.3 is 0 Å². The van der Waals surface area contributed by atoms with Crippen LogP contribution in [0.1, 0.15) is 17.8 Å². The predicted octanol–water partition coefficient (Wildman–Crippen LogP) is 2.08. The van der Waals surface area contributed by atoms with E-state index in [1.807, 2.05) is 12.4 Å². The van der Waals surface area contributed by atoms with E-state index in [0.29, 0.717) is 0 Å². The van der Waals surface area contributed by atoms with Gasteiger partial charge in [-0.3, -0.25) is 10.1 Å². The summed E-state index contributed by atoms with van der Waals surface area (Å²) in [5.41, 5.74) is 1.31. The van der Waals surface area contributed by atoms with Crippen molar-refractivity contribution in [1.82, 2.24) is 25.5 Å². The van der Waals surface area contributed by atoms with Gasteiger partial charge in [-0.1, -0.05) is 18.2 Å². The number of pyridine rings is 1. The third-order valence-corrected chi connectivity index (χ3v) is 3.32. The van der Waals surface area contributed by atoms with Crippen LogP contribution in [0.25, 0.3) is 10.8 Å². The van der Waals surface area contributed by atoms with E-state index in [4.69, 9.17) is 0 Å². The van der Waals surface area contributed by atoms with Crippen molar-refractivity contribution < 1.29 is 0 Å². The Kier molecular flexibility index (Phi) is 3.99. The SMILES string of the molecule is c1cc(CNCCCc2ncn[nH]2)c2ccncc2c1. The van der Waals surface area contributed by atoms with Crippen LogP contribution in [0.4, 0.5) is 0 Å². The molecule has 0 spiro atoms. The average Bonchev–Trinajstić information content (AvgIpc) is 3.00. The van der Waals surface area contributed by atoms with Gasteiger partial charge in [0, 0.05) is 30.7 Å². The number of nitrogens with zero attached hydrogens (tertiary/aromatic N) is 3. The zero-order valence-corrected chi connectivity index (χ0v) is 11.2. The first-order valence-corrected chi connectivity index (χ1v) is 6.80. The van der Waals surface area contributed by atoms with E-state index in [2.05, 4.69) is 49.7 Å². The van der Waals surface area contributed by atoms with Gasteiger partial charge in [0.2, 0.25) is 0 Å². The summed E-state index contributed by atoms with van der Waals surface area (Å²) in [4.78, 5) is 8.27. The van der Waals surface area contributed by atoms with Gasteiger partial charge in [0.15, 0.2) is 0 Å². The molecule has 0 unspecified atom stereocenters. The molecule has 5 nitrogen and oxygen atoms in total. The molecule has 2 heterocycles. The Morgan fingerprint density at radius 3 is 3.10 bits per heavy atom. The summed E-state index contributed by atoms with van der Waals surface area (Å²) in [5.74, 6) is 0.947. The number of hydrogen-bond donors (Lipinski definition) is 2. The van der Waals surface area contributed by atoms with E-state index in [0.717, 1.165) is 31.8 Å². The van der Waals surface area contributed by atoms with Crippen LogP contribution in [0.3, 0.4) is 0 Å². The van der Waals surface area contributed by atoms with Gasteiger partial charge < -0.3 is 5.32 Å². The van der Waals surface area contributed by atoms with Gasteiger partial charge in [-0.05, 0) is 30.0 Å². The van der Waals surface area contributed by atoms with Gasteiger partial charge in [-0.15, -0.1) is 0 Å². The number of benzene rings is 1. The van der Waals surface area contributed by atoms with Gasteiger partial charge in [0.05, 0.1) is 0 Å². The second-order valence-electron chi connectivity index (χ2n) is 4.73. The molecule has 0 radical (unpaired) electrons. The fourth-order valence-electron chi connectivity index (χ4n) is 2.30. The molecule has 0 aliphatic rings. The molecule has 0 aliphatic heterocycles. The van der Waals surface area contributed by atoms with Crippen LogP contribution in [0.15, 0.2) is 43.0 Å². The molecule has 0 saturated heterocycles. The molecule has 5 heteroatoms. The first kappa shape index (κ1) is 12.7. The van der Waals surface area contributed by atoms with Gasteiger partial charge in [-0.25, -0.2) is 4.98 Å². The maximum absolute atomic E-state index is 4.16. The highest BCUT2D eigenvalue weighted by atomic mass is 15.2. The Bertz CT molecular complexity index is 658. The minimum absolute atomic E-state index is 0.873. The number of aryl methyl sites for hydroxylation is 1. The van der Waals surface area contributed by atoms with E-state index in [-0.39, 0.29) is 0 Å². The predicted molar refractivity (Wildman–Crippen MR) is 78.2 cm³/mol. The van der Waals surface area contributed by atoms with E-state index in [1.165, 1.54) is 16.3 Å². The van der Waals surface area contributed by atoms with Crippen molar-refractivity contribution in [2.24, 2.45) is 0 Å². The highest BCUT2D eigenvalue weighted by molar-refractivity contribution is 5.84. The van der Waals surface area contributed by atoms with Gasteiger partial charge in [0.1, 0.15) is 12.2 Å². The lowest BCUT2D eigenvalue weighted by Crippen LogP contribution is -2.15. The fraction of sp³-hybridized carbons (Fsp3) is 0.267. The summed E-state index contributed by atoms with van der Waals surface area (Å²) in [6, 6.07) is 8.40. The topological polar surface area (TPSA) is 66.5 Å². The number of hydrogen-bond acceptors (Lipinski definition) is 4. The zero-order valence-electron chi connectivity index (χ0n) is 11.2. The summed E-state index contributed by atoms with van der Waals surface area (Å²) in [6.45, 7) is 1.83. The Morgan fingerprint density at radius 2 is 2.20 bits per heavy atom. The monoisotopic (exact) mass is 267 g/mol. The van der Waals surface area contributed by atoms with E-state index in [9.17, 15) is 0 Å². The molecule has 0 fully saturated rings. The minimum Gasteiger partial charge on any atom is -0.313 e. The minimum atomic E-state index is 0.873. The Balaban J connectivity index is 1.52. The van der Waals surface area contributed by atoms with Gasteiger partial charge in [-0.2, -0.15) is 5.10 Å². The van der Waals surface area contributed by atoms with Crippen LogP contribution in [-0.2, 0) is 13.0 Å². The molecular weight excluding hydrogens is 250 g/mol. The number of aromatic nitrogens is 4. The maximum Gasteiger partial charge on any atom is 0.137 e. The molecule has 3 rings (SSSR count). The Morgan fingerprint density at radius 1 is 1.20 bits per heavy atom. The third-order valence-electron chi connectivity index (χ3n) is 3.32. The van der Waals surface area contributed by atoms with Crippen molar-refractivity contribution in [2.45, 2.75) is 19.4 Å². The maximum atomic E-state index is 4.16. The first-order chi connectivity index (χ1) is 9.93. The number of rotatable bonds is 6. The third kappa shape index (κ3) is 3.00.